The van der Waals surface area contributed by atoms with Crippen LogP contribution < -0.4 is 10.6 Å². The van der Waals surface area contributed by atoms with E-state index in [2.05, 4.69) is 16.8 Å². The second-order valence-corrected chi connectivity index (χ2v) is 4.87. The molecule has 0 bridgehead atoms. The average Bonchev–Trinajstić information content (AvgIpc) is 2.57. The molecule has 0 spiro atoms. The summed E-state index contributed by atoms with van der Waals surface area (Å²) in [6, 6.07) is 0. The molecule has 5 heteroatoms. The van der Waals surface area contributed by atoms with Crippen molar-refractivity contribution >= 4 is 21.5 Å². The van der Waals surface area contributed by atoms with E-state index in [1.807, 2.05) is 0 Å². The van der Waals surface area contributed by atoms with Crippen molar-refractivity contribution < 1.29 is 5.11 Å². The van der Waals surface area contributed by atoms with Gasteiger partial charge >= 0.3 is 0 Å². The van der Waals surface area contributed by atoms with Crippen molar-refractivity contribution in [2.24, 2.45) is 5.92 Å². The minimum atomic E-state index is -0.242. The molecule has 2 unspecified atom stereocenters. The first-order valence-corrected chi connectivity index (χ1v) is 5.63. The Balaban J connectivity index is 2.06. The van der Waals surface area contributed by atoms with Crippen molar-refractivity contribution in [3.63, 3.8) is 0 Å². The van der Waals surface area contributed by atoms with E-state index in [1.54, 1.807) is 6.20 Å². The lowest BCUT2D eigenvalue weighted by Crippen LogP contribution is -2.42. The number of nitrogens with two attached hydrogens (primary N) is 1. The van der Waals surface area contributed by atoms with Crippen molar-refractivity contribution in [3.8, 4) is 0 Å². The van der Waals surface area contributed by atoms with Gasteiger partial charge in [-0.15, -0.1) is 0 Å². The van der Waals surface area contributed by atoms with Crippen LogP contribution >= 0.6 is 11.3 Å². The minimum absolute atomic E-state index is 0.242. The van der Waals surface area contributed by atoms with Gasteiger partial charge in [0.2, 0.25) is 0 Å². The van der Waals surface area contributed by atoms with E-state index in [0.29, 0.717) is 12.5 Å². The van der Waals surface area contributed by atoms with Crippen LogP contribution in [0.25, 0.3) is 0 Å². The minimum Gasteiger partial charge on any atom is -0.391 e. The highest BCUT2D eigenvalue weighted by Crippen LogP contribution is 2.28. The molecular weight excluding hydrogens is 198 g/mol. The predicted molar refractivity (Wildman–Crippen MR) is 58.5 cm³/mol. The lowest BCUT2D eigenvalue weighted by atomic mass is 9.96. The normalized spacial score (nSPS) is 28.0. The fourth-order valence-corrected chi connectivity index (χ4v) is 2.36. The number of nitrogens with zero attached hydrogens (tertiary/aromatic N) is 2. The molecule has 0 aromatic carbocycles. The number of aliphatic hydroxyl groups excluding tert-OH is 1. The van der Waals surface area contributed by atoms with E-state index < -0.39 is 0 Å². The second-order valence-electron chi connectivity index (χ2n) is 3.82. The van der Waals surface area contributed by atoms with Crippen molar-refractivity contribution in [2.75, 3.05) is 23.7 Å². The van der Waals surface area contributed by atoms with Gasteiger partial charge in [-0.3, -0.25) is 0 Å². The summed E-state index contributed by atoms with van der Waals surface area (Å²) in [4.78, 5) is 6.31. The summed E-state index contributed by atoms with van der Waals surface area (Å²) in [5.74, 6) is 0.392. The maximum atomic E-state index is 9.72. The summed E-state index contributed by atoms with van der Waals surface area (Å²) in [6.07, 6.45) is 2.44. The number of hydrogen-bond donors (Lipinski definition) is 2. The van der Waals surface area contributed by atoms with Crippen LogP contribution in [0.4, 0.5) is 10.1 Å². The average molecular weight is 213 g/mol. The van der Waals surface area contributed by atoms with Gasteiger partial charge in [0.25, 0.3) is 0 Å². The molecule has 0 radical (unpaired) electrons. The Morgan fingerprint density at radius 1 is 1.71 bits per heavy atom. The van der Waals surface area contributed by atoms with Gasteiger partial charge in [0.15, 0.2) is 5.13 Å². The third-order valence-corrected chi connectivity index (χ3v) is 3.59. The van der Waals surface area contributed by atoms with Gasteiger partial charge in [0, 0.05) is 13.1 Å². The van der Waals surface area contributed by atoms with Crippen molar-refractivity contribution in [2.45, 2.75) is 19.4 Å². The van der Waals surface area contributed by atoms with Crippen LogP contribution in [-0.4, -0.2) is 29.3 Å². The summed E-state index contributed by atoms with van der Waals surface area (Å²) in [6.45, 7) is 3.72. The highest BCUT2D eigenvalue weighted by atomic mass is 32.1. The van der Waals surface area contributed by atoms with Crippen LogP contribution in [0.3, 0.4) is 0 Å². The fourth-order valence-electron chi connectivity index (χ4n) is 1.65. The van der Waals surface area contributed by atoms with Crippen LogP contribution in [0.15, 0.2) is 6.20 Å². The molecule has 2 heterocycles. The zero-order valence-corrected chi connectivity index (χ0v) is 9.00. The number of nitrogen functional groups attached to an aromatic ring is 1. The third kappa shape index (κ3) is 1.83. The van der Waals surface area contributed by atoms with Gasteiger partial charge < -0.3 is 15.7 Å². The molecule has 1 aromatic rings. The summed E-state index contributed by atoms with van der Waals surface area (Å²) < 4.78 is 0. The van der Waals surface area contributed by atoms with E-state index in [4.69, 9.17) is 5.73 Å². The largest absolute Gasteiger partial charge is 0.391 e. The highest BCUT2D eigenvalue weighted by Gasteiger charge is 2.25. The number of piperidine rings is 1. The van der Waals surface area contributed by atoms with Crippen LogP contribution in [0, 0.1) is 5.92 Å². The molecule has 0 amide bonds. The number of hydrogen-bond acceptors (Lipinski definition) is 5. The number of anilines is 2. The Hall–Kier alpha value is -0.810. The molecule has 1 aromatic heterocycles. The quantitative estimate of drug-likeness (QED) is 0.728. The van der Waals surface area contributed by atoms with Crippen LogP contribution in [0.2, 0.25) is 0 Å². The maximum absolute atomic E-state index is 9.72. The molecule has 14 heavy (non-hydrogen) atoms. The second kappa shape index (κ2) is 3.74. The summed E-state index contributed by atoms with van der Waals surface area (Å²) in [5, 5.41) is 11.4. The molecule has 2 atom stereocenters. The summed E-state index contributed by atoms with van der Waals surface area (Å²) in [7, 11) is 0. The van der Waals surface area contributed by atoms with Gasteiger partial charge in [-0.05, 0) is 12.3 Å². The molecule has 0 aliphatic carbocycles. The van der Waals surface area contributed by atoms with Gasteiger partial charge in [-0.2, -0.15) is 0 Å². The Morgan fingerprint density at radius 2 is 2.50 bits per heavy atom. The monoisotopic (exact) mass is 213 g/mol. The topological polar surface area (TPSA) is 62.4 Å². The number of thiazole rings is 1. The first-order chi connectivity index (χ1) is 6.66. The smallest absolute Gasteiger partial charge is 0.187 e. The van der Waals surface area contributed by atoms with E-state index in [-0.39, 0.29) is 6.10 Å². The lowest BCUT2D eigenvalue weighted by Gasteiger charge is -2.33. The number of β-amino-alcohol motifs (C(OH)–C–C–N with tert-alkyl or cyclic N) is 1. The molecule has 1 saturated heterocycles. The van der Waals surface area contributed by atoms with E-state index >= 15 is 0 Å². The van der Waals surface area contributed by atoms with Crippen LogP contribution in [0.1, 0.15) is 13.3 Å². The SMILES string of the molecule is CC1CCN(c2ncc(N)s2)CC1O. The predicted octanol–water partition coefficient (Wildman–Crippen LogP) is 0.932. The zero-order chi connectivity index (χ0) is 10.1. The van der Waals surface area contributed by atoms with Crippen molar-refractivity contribution in [1.29, 1.82) is 0 Å². The van der Waals surface area contributed by atoms with E-state index in [1.165, 1.54) is 11.3 Å². The first kappa shape index (κ1) is 9.73. The Morgan fingerprint density at radius 3 is 3.07 bits per heavy atom. The number of aliphatic hydroxyl groups is 1. The highest BCUT2D eigenvalue weighted by molar-refractivity contribution is 7.19. The van der Waals surface area contributed by atoms with Crippen LogP contribution in [-0.2, 0) is 0 Å². The van der Waals surface area contributed by atoms with E-state index in [0.717, 1.165) is 23.1 Å². The first-order valence-electron chi connectivity index (χ1n) is 4.81. The van der Waals surface area contributed by atoms with Crippen molar-refractivity contribution in [3.05, 3.63) is 6.20 Å². The molecule has 1 fully saturated rings. The van der Waals surface area contributed by atoms with Gasteiger partial charge in [0.05, 0.1) is 12.3 Å². The third-order valence-electron chi connectivity index (χ3n) is 2.70. The molecule has 4 nitrogen and oxygen atoms in total. The van der Waals surface area contributed by atoms with E-state index in [9.17, 15) is 5.11 Å². The standard InChI is InChI=1S/C9H15N3OS/c1-6-2-3-12(5-7(6)13)9-11-4-8(10)14-9/h4,6-7,13H,2-3,5,10H2,1H3. The van der Waals surface area contributed by atoms with Gasteiger partial charge in [-0.1, -0.05) is 18.3 Å². The fraction of sp³-hybridized carbons (Fsp3) is 0.667. The lowest BCUT2D eigenvalue weighted by molar-refractivity contribution is 0.103. The van der Waals surface area contributed by atoms with Gasteiger partial charge in [-0.25, -0.2) is 4.98 Å². The van der Waals surface area contributed by atoms with Crippen LogP contribution in [0.5, 0.6) is 0 Å². The molecular formula is C9H15N3OS. The van der Waals surface area contributed by atoms with Gasteiger partial charge in [0.1, 0.15) is 5.00 Å². The Bertz CT molecular complexity index is 315. The molecule has 1 aliphatic heterocycles. The number of aromatic nitrogens is 1. The Kier molecular flexibility index (Phi) is 2.60. The summed E-state index contributed by atoms with van der Waals surface area (Å²) >= 11 is 1.48. The number of rotatable bonds is 1. The molecule has 0 saturated carbocycles. The Labute approximate surface area is 87.4 Å². The maximum Gasteiger partial charge on any atom is 0.187 e. The molecule has 78 valence electrons. The summed E-state index contributed by atoms with van der Waals surface area (Å²) in [5.41, 5.74) is 5.61. The zero-order valence-electron chi connectivity index (χ0n) is 8.18. The molecule has 3 N–H and O–H groups in total. The molecule has 2 rings (SSSR count). The van der Waals surface area contributed by atoms with Crippen molar-refractivity contribution in [1.82, 2.24) is 4.98 Å². The molecule has 1 aliphatic rings.